The van der Waals surface area contributed by atoms with Gasteiger partial charge in [-0.25, -0.2) is 14.8 Å². The molecule has 1 aliphatic heterocycles. The molecule has 2 rings (SSSR count). The summed E-state index contributed by atoms with van der Waals surface area (Å²) in [6.07, 6.45) is 1.38. The van der Waals surface area contributed by atoms with Crippen LogP contribution in [0.15, 0.2) is 23.2 Å². The van der Waals surface area contributed by atoms with E-state index in [0.717, 1.165) is 18.5 Å². The second kappa shape index (κ2) is 11.0. The molecular weight excluding hydrogens is 437 g/mol. The molecule has 9 heteroatoms. The van der Waals surface area contributed by atoms with Crippen molar-refractivity contribution in [3.05, 3.63) is 23.9 Å². The molecule has 0 spiro atoms. The van der Waals surface area contributed by atoms with Crippen molar-refractivity contribution in [1.29, 1.82) is 0 Å². The topological polar surface area (TPSA) is 102 Å². The highest BCUT2D eigenvalue weighted by molar-refractivity contribution is 14.0. The van der Waals surface area contributed by atoms with Crippen LogP contribution in [0.25, 0.3) is 0 Å². The number of carbonyl (C=O) groups excluding carboxylic acids is 1. The molecule has 1 aliphatic rings. The maximum atomic E-state index is 11.7. The van der Waals surface area contributed by atoms with Gasteiger partial charge in [-0.05, 0) is 25.8 Å². The molecule has 140 valence electrons. The minimum atomic E-state index is -0.248. The molecule has 0 aromatic carbocycles. The van der Waals surface area contributed by atoms with Crippen molar-refractivity contribution in [2.24, 2.45) is 10.7 Å². The molecular formula is C16H26IN5O3. The number of likely N-dealkylation sites (tertiary alicyclic amines) is 1. The number of piperidine rings is 1. The lowest BCUT2D eigenvalue weighted by Gasteiger charge is -2.31. The Hall–Kier alpha value is -1.78. The Bertz CT molecular complexity index is 577. The van der Waals surface area contributed by atoms with Gasteiger partial charge in [0, 0.05) is 25.2 Å². The molecule has 0 aliphatic carbocycles. The third-order valence-corrected chi connectivity index (χ3v) is 3.77. The fraction of sp³-hybridized carbons (Fsp3) is 0.562. The van der Waals surface area contributed by atoms with Gasteiger partial charge in [0.2, 0.25) is 5.88 Å². The number of aliphatic imine (C=N–C) groups is 1. The largest absolute Gasteiger partial charge is 0.481 e. The number of guanidine groups is 1. The Morgan fingerprint density at radius 3 is 2.80 bits per heavy atom. The number of nitrogens with one attached hydrogen (secondary N) is 1. The van der Waals surface area contributed by atoms with E-state index in [1.807, 2.05) is 12.1 Å². The molecule has 0 bridgehead atoms. The molecule has 1 aromatic heterocycles. The molecule has 1 fully saturated rings. The number of aromatic nitrogens is 1. The summed E-state index contributed by atoms with van der Waals surface area (Å²) < 4.78 is 10.1. The second-order valence-corrected chi connectivity index (χ2v) is 5.48. The minimum Gasteiger partial charge on any atom is -0.481 e. The molecule has 1 aromatic rings. The van der Waals surface area contributed by atoms with Crippen LogP contribution in [0.3, 0.4) is 0 Å². The van der Waals surface area contributed by atoms with E-state index in [1.54, 1.807) is 25.0 Å². The number of hydrogen-bond donors (Lipinski definition) is 2. The fourth-order valence-electron chi connectivity index (χ4n) is 2.50. The number of nitrogens with two attached hydrogens (primary N) is 1. The monoisotopic (exact) mass is 463 g/mol. The smallest absolute Gasteiger partial charge is 0.409 e. The van der Waals surface area contributed by atoms with Gasteiger partial charge in [0.15, 0.2) is 5.96 Å². The van der Waals surface area contributed by atoms with Crippen LogP contribution in [0.1, 0.15) is 25.5 Å². The first-order valence-corrected chi connectivity index (χ1v) is 8.10. The number of hydrogen-bond acceptors (Lipinski definition) is 5. The number of amides is 1. The van der Waals surface area contributed by atoms with Crippen molar-refractivity contribution in [1.82, 2.24) is 15.2 Å². The average molecular weight is 463 g/mol. The number of rotatable bonds is 5. The number of nitrogens with zero attached hydrogens (tertiary/aromatic N) is 3. The zero-order chi connectivity index (χ0) is 17.4. The highest BCUT2D eigenvalue weighted by atomic mass is 127. The lowest BCUT2D eigenvalue weighted by Crippen LogP contribution is -2.48. The quantitative estimate of drug-likeness (QED) is 0.392. The van der Waals surface area contributed by atoms with Gasteiger partial charge >= 0.3 is 6.09 Å². The molecule has 0 atom stereocenters. The van der Waals surface area contributed by atoms with E-state index >= 15 is 0 Å². The van der Waals surface area contributed by atoms with E-state index in [0.29, 0.717) is 38.1 Å². The number of halogens is 1. The van der Waals surface area contributed by atoms with Crippen LogP contribution < -0.4 is 15.8 Å². The third-order valence-electron chi connectivity index (χ3n) is 3.77. The summed E-state index contributed by atoms with van der Waals surface area (Å²) >= 11 is 0. The van der Waals surface area contributed by atoms with Gasteiger partial charge in [0.1, 0.15) is 0 Å². The Labute approximate surface area is 165 Å². The summed E-state index contributed by atoms with van der Waals surface area (Å²) in [6.45, 7) is 3.90. The summed E-state index contributed by atoms with van der Waals surface area (Å²) in [4.78, 5) is 22.0. The lowest BCUT2D eigenvalue weighted by molar-refractivity contribution is 0.0963. The number of pyridine rings is 1. The predicted molar refractivity (Wildman–Crippen MR) is 106 cm³/mol. The second-order valence-electron chi connectivity index (χ2n) is 5.48. The summed E-state index contributed by atoms with van der Waals surface area (Å²) in [7, 11) is 1.58. The first-order valence-electron chi connectivity index (χ1n) is 8.10. The Kier molecular flexibility index (Phi) is 9.32. The van der Waals surface area contributed by atoms with Crippen molar-refractivity contribution < 1.29 is 14.3 Å². The van der Waals surface area contributed by atoms with Crippen molar-refractivity contribution in [3.63, 3.8) is 0 Å². The summed E-state index contributed by atoms with van der Waals surface area (Å²) in [5.74, 6) is 0.940. The van der Waals surface area contributed by atoms with Crippen LogP contribution in [0.4, 0.5) is 4.79 Å². The molecule has 0 radical (unpaired) electrons. The van der Waals surface area contributed by atoms with Crippen LogP contribution in [-0.4, -0.2) is 54.8 Å². The van der Waals surface area contributed by atoms with Crippen LogP contribution in [0.5, 0.6) is 5.88 Å². The molecule has 1 amide bonds. The Balaban J connectivity index is 0.00000312. The first-order chi connectivity index (χ1) is 11.6. The van der Waals surface area contributed by atoms with Gasteiger partial charge < -0.3 is 25.4 Å². The molecule has 0 saturated carbocycles. The third kappa shape index (κ3) is 6.92. The highest BCUT2D eigenvalue weighted by Gasteiger charge is 2.23. The maximum absolute atomic E-state index is 11.7. The van der Waals surface area contributed by atoms with E-state index in [1.165, 1.54) is 0 Å². The standard InChI is InChI=1S/C16H25N5O3.HI/c1-3-24-16(22)21-9-7-12(8-10-21)20-15(17)18-11-13-5-4-6-14(19-13)23-2;/h4-6,12H,3,7-11H2,1-2H3,(H3,17,18,20);1H. The van der Waals surface area contributed by atoms with E-state index in [-0.39, 0.29) is 36.1 Å². The maximum Gasteiger partial charge on any atom is 0.409 e. The predicted octanol–water partition coefficient (Wildman–Crippen LogP) is 1.73. The van der Waals surface area contributed by atoms with Gasteiger partial charge in [-0.1, -0.05) is 6.07 Å². The minimum absolute atomic E-state index is 0. The van der Waals surface area contributed by atoms with Gasteiger partial charge in [0.05, 0.1) is 26.0 Å². The number of carbonyl (C=O) groups is 1. The number of ether oxygens (including phenoxy) is 2. The van der Waals surface area contributed by atoms with Crippen molar-refractivity contribution >= 4 is 36.0 Å². The first kappa shape index (κ1) is 21.3. The molecule has 2 heterocycles. The Morgan fingerprint density at radius 1 is 1.44 bits per heavy atom. The number of methoxy groups -OCH3 is 1. The zero-order valence-electron chi connectivity index (χ0n) is 14.6. The van der Waals surface area contributed by atoms with Crippen molar-refractivity contribution in [2.75, 3.05) is 26.8 Å². The molecule has 8 nitrogen and oxygen atoms in total. The summed E-state index contributed by atoms with van der Waals surface area (Å²) in [5, 5.41) is 3.20. The van der Waals surface area contributed by atoms with Gasteiger partial charge in [-0.2, -0.15) is 0 Å². The van der Waals surface area contributed by atoms with Crippen LogP contribution in [0.2, 0.25) is 0 Å². The average Bonchev–Trinajstić information content (AvgIpc) is 2.61. The highest BCUT2D eigenvalue weighted by Crippen LogP contribution is 2.11. The summed E-state index contributed by atoms with van der Waals surface area (Å²) in [6, 6.07) is 5.73. The molecule has 1 saturated heterocycles. The summed E-state index contributed by atoms with van der Waals surface area (Å²) in [5.41, 5.74) is 6.73. The van der Waals surface area contributed by atoms with Crippen molar-refractivity contribution in [3.8, 4) is 5.88 Å². The fourth-order valence-corrected chi connectivity index (χ4v) is 2.50. The molecule has 0 unspecified atom stereocenters. The SMILES string of the molecule is CCOC(=O)N1CCC(NC(N)=NCc2cccc(OC)n2)CC1.I. The van der Waals surface area contributed by atoms with Crippen molar-refractivity contribution in [2.45, 2.75) is 32.4 Å². The van der Waals surface area contributed by atoms with E-state index < -0.39 is 0 Å². The van der Waals surface area contributed by atoms with Gasteiger partial charge in [-0.15, -0.1) is 24.0 Å². The Morgan fingerprint density at radius 2 is 2.16 bits per heavy atom. The van der Waals surface area contributed by atoms with E-state index in [9.17, 15) is 4.79 Å². The van der Waals surface area contributed by atoms with E-state index in [4.69, 9.17) is 15.2 Å². The lowest BCUT2D eigenvalue weighted by atomic mass is 10.1. The molecule has 3 N–H and O–H groups in total. The van der Waals surface area contributed by atoms with Gasteiger partial charge in [0.25, 0.3) is 0 Å². The normalized spacial score (nSPS) is 15.3. The zero-order valence-corrected chi connectivity index (χ0v) is 16.9. The van der Waals surface area contributed by atoms with Gasteiger partial charge in [-0.3, -0.25) is 0 Å². The van der Waals surface area contributed by atoms with Crippen LogP contribution >= 0.6 is 24.0 Å². The van der Waals surface area contributed by atoms with Crippen LogP contribution in [-0.2, 0) is 11.3 Å². The molecule has 25 heavy (non-hydrogen) atoms. The van der Waals surface area contributed by atoms with Crippen LogP contribution in [0, 0.1) is 0 Å². The van der Waals surface area contributed by atoms with E-state index in [2.05, 4.69) is 15.3 Å².